The van der Waals surface area contributed by atoms with Crippen LogP contribution in [0.15, 0.2) is 66.7 Å². The van der Waals surface area contributed by atoms with Gasteiger partial charge in [0.1, 0.15) is 17.2 Å². The van der Waals surface area contributed by atoms with Gasteiger partial charge in [0, 0.05) is 23.9 Å². The van der Waals surface area contributed by atoms with Crippen molar-refractivity contribution in [3.8, 4) is 17.2 Å². The number of aromatic carboxylic acids is 1. The number of esters is 1. The predicted octanol–water partition coefficient (Wildman–Crippen LogP) is 4.97. The molecule has 0 aliphatic carbocycles. The minimum absolute atomic E-state index is 0.0692. The van der Waals surface area contributed by atoms with Gasteiger partial charge in [0.05, 0.1) is 18.8 Å². The van der Waals surface area contributed by atoms with E-state index in [1.165, 1.54) is 18.2 Å². The lowest BCUT2D eigenvalue weighted by Gasteiger charge is -2.12. The molecule has 0 amide bonds. The van der Waals surface area contributed by atoms with Crippen LogP contribution < -0.4 is 25.7 Å². The number of hydrogen-bond acceptors (Lipinski definition) is 7. The van der Waals surface area contributed by atoms with Crippen molar-refractivity contribution < 1.29 is 28.9 Å². The molecule has 188 valence electrons. The number of carbonyl (C=O) groups excluding carboxylic acids is 1. The quantitative estimate of drug-likeness (QED) is 0.107. The molecule has 0 fully saturated rings. The number of carboxylic acids is 1. The van der Waals surface area contributed by atoms with E-state index >= 15 is 0 Å². The number of ether oxygens (including phenoxy) is 3. The Morgan fingerprint density at radius 2 is 1.50 bits per heavy atom. The van der Waals surface area contributed by atoms with Gasteiger partial charge >= 0.3 is 11.9 Å². The maximum Gasteiger partial charge on any atom is 0.336 e. The number of carbonyl (C=O) groups is 2. The third-order valence-corrected chi connectivity index (χ3v) is 5.26. The molecule has 0 aliphatic rings. The van der Waals surface area contributed by atoms with Crippen LogP contribution in [0, 0.1) is 0 Å². The van der Waals surface area contributed by atoms with E-state index < -0.39 is 11.9 Å². The number of benzene rings is 3. The number of hydrogen-bond donors (Lipinski definition) is 3. The summed E-state index contributed by atoms with van der Waals surface area (Å²) in [6.07, 6.45) is 5.35. The second-order valence-corrected chi connectivity index (χ2v) is 8.04. The van der Waals surface area contributed by atoms with Crippen LogP contribution in [0.4, 0.5) is 11.4 Å². The largest absolute Gasteiger partial charge is 0.494 e. The third-order valence-electron chi connectivity index (χ3n) is 5.26. The van der Waals surface area contributed by atoms with Gasteiger partial charge in [-0.15, -0.1) is 0 Å². The van der Waals surface area contributed by atoms with Crippen LogP contribution in [0.3, 0.4) is 0 Å². The Bertz CT molecular complexity index is 1200. The summed E-state index contributed by atoms with van der Waals surface area (Å²) in [5.41, 5.74) is 13.6. The van der Waals surface area contributed by atoms with Gasteiger partial charge in [-0.2, -0.15) is 0 Å². The average molecular weight is 491 g/mol. The highest BCUT2D eigenvalue weighted by atomic mass is 16.5. The Hall–Kier alpha value is -4.46. The summed E-state index contributed by atoms with van der Waals surface area (Å²) in [4.78, 5) is 23.6. The molecule has 0 aliphatic heterocycles. The molecule has 3 aromatic rings. The van der Waals surface area contributed by atoms with E-state index in [1.807, 2.05) is 0 Å². The van der Waals surface area contributed by atoms with E-state index in [9.17, 15) is 14.7 Å². The van der Waals surface area contributed by atoms with E-state index in [0.29, 0.717) is 41.5 Å². The first-order valence-corrected chi connectivity index (χ1v) is 11.6. The molecule has 0 heterocycles. The smallest absolute Gasteiger partial charge is 0.336 e. The number of nitrogens with two attached hydrogens (primary N) is 2. The van der Waals surface area contributed by atoms with Crippen molar-refractivity contribution in [3.63, 3.8) is 0 Å². The standard InChI is InChI=1S/C28H30N2O6/c1-2-3-15-34-22-9-11-23(12-10-22)36-27(31)13-6-19-4-7-21(8-5-19)35-16-14-24-25(28(32)33)17-20(29)18-26(24)30/h4-13,17-18H,2-3,14-16,29-30H2,1H3,(H,32,33)/b13-6+. The van der Waals surface area contributed by atoms with E-state index in [0.717, 1.165) is 24.2 Å². The predicted molar refractivity (Wildman–Crippen MR) is 139 cm³/mol. The van der Waals surface area contributed by atoms with Gasteiger partial charge in [0.2, 0.25) is 0 Å². The minimum Gasteiger partial charge on any atom is -0.494 e. The van der Waals surface area contributed by atoms with Gasteiger partial charge in [-0.3, -0.25) is 0 Å². The maximum atomic E-state index is 12.1. The first-order chi connectivity index (χ1) is 17.4. The third kappa shape index (κ3) is 7.80. The first-order valence-electron chi connectivity index (χ1n) is 11.6. The normalized spacial score (nSPS) is 10.8. The zero-order chi connectivity index (χ0) is 25.9. The van der Waals surface area contributed by atoms with Crippen molar-refractivity contribution in [2.45, 2.75) is 26.2 Å². The fraction of sp³-hybridized carbons (Fsp3) is 0.214. The van der Waals surface area contributed by atoms with Gasteiger partial charge in [0.25, 0.3) is 0 Å². The molecule has 8 heteroatoms. The van der Waals surface area contributed by atoms with Gasteiger partial charge < -0.3 is 30.8 Å². The molecule has 8 nitrogen and oxygen atoms in total. The van der Waals surface area contributed by atoms with E-state index in [1.54, 1.807) is 54.6 Å². The van der Waals surface area contributed by atoms with Crippen LogP contribution in [-0.4, -0.2) is 30.3 Å². The summed E-state index contributed by atoms with van der Waals surface area (Å²) in [6.45, 7) is 2.99. The number of nitrogen functional groups attached to an aromatic ring is 2. The Morgan fingerprint density at radius 1 is 0.889 bits per heavy atom. The zero-order valence-corrected chi connectivity index (χ0v) is 20.1. The number of rotatable bonds is 12. The zero-order valence-electron chi connectivity index (χ0n) is 20.1. The fourth-order valence-electron chi connectivity index (χ4n) is 3.39. The summed E-state index contributed by atoms with van der Waals surface area (Å²) >= 11 is 0. The SMILES string of the molecule is CCCCOc1ccc(OC(=O)/C=C/c2ccc(OCCc3c(N)cc(N)cc3C(=O)O)cc2)cc1. The van der Waals surface area contributed by atoms with Crippen LogP contribution in [0.25, 0.3) is 6.08 Å². The molecule has 36 heavy (non-hydrogen) atoms. The Kier molecular flexibility index (Phi) is 9.33. The van der Waals surface area contributed by atoms with Gasteiger partial charge in [-0.05, 0) is 72.2 Å². The molecule has 0 radical (unpaired) electrons. The minimum atomic E-state index is -1.09. The molecule has 5 N–H and O–H groups in total. The molecular weight excluding hydrogens is 460 g/mol. The van der Waals surface area contributed by atoms with Crippen molar-refractivity contribution in [2.24, 2.45) is 0 Å². The van der Waals surface area contributed by atoms with Crippen molar-refractivity contribution in [3.05, 3.63) is 83.4 Å². The van der Waals surface area contributed by atoms with Crippen LogP contribution in [-0.2, 0) is 11.2 Å². The topological polar surface area (TPSA) is 134 Å². The number of carboxylic acid groups (broad SMARTS) is 1. The Labute approximate surface area is 210 Å². The van der Waals surface area contributed by atoms with Crippen molar-refractivity contribution in [1.29, 1.82) is 0 Å². The highest BCUT2D eigenvalue weighted by molar-refractivity contribution is 5.92. The Morgan fingerprint density at radius 3 is 2.14 bits per heavy atom. The van der Waals surface area contributed by atoms with E-state index in [-0.39, 0.29) is 12.2 Å². The number of anilines is 2. The van der Waals surface area contributed by atoms with Crippen LogP contribution in [0.2, 0.25) is 0 Å². The Balaban J connectivity index is 1.48. The summed E-state index contributed by atoms with van der Waals surface area (Å²) < 4.78 is 16.6. The molecule has 0 saturated heterocycles. The fourth-order valence-corrected chi connectivity index (χ4v) is 3.39. The lowest BCUT2D eigenvalue weighted by molar-refractivity contribution is -0.128. The molecule has 0 aromatic heterocycles. The summed E-state index contributed by atoms with van der Waals surface area (Å²) in [5, 5.41) is 9.38. The number of unbranched alkanes of at least 4 members (excludes halogenated alkanes) is 1. The highest BCUT2D eigenvalue weighted by Gasteiger charge is 2.14. The highest BCUT2D eigenvalue weighted by Crippen LogP contribution is 2.23. The molecule has 0 spiro atoms. The summed E-state index contributed by atoms with van der Waals surface area (Å²) in [6, 6.07) is 16.9. The first kappa shape index (κ1) is 26.2. The van der Waals surface area contributed by atoms with Crippen molar-refractivity contribution >= 4 is 29.4 Å². The summed E-state index contributed by atoms with van der Waals surface area (Å²) in [5.74, 6) is 0.184. The van der Waals surface area contributed by atoms with Crippen molar-refractivity contribution in [1.82, 2.24) is 0 Å². The van der Waals surface area contributed by atoms with Crippen LogP contribution in [0.5, 0.6) is 17.2 Å². The molecule has 0 unspecified atom stereocenters. The second kappa shape index (κ2) is 12.9. The monoisotopic (exact) mass is 490 g/mol. The van der Waals surface area contributed by atoms with Gasteiger partial charge in [-0.25, -0.2) is 9.59 Å². The lowest BCUT2D eigenvalue weighted by atomic mass is 10.0. The maximum absolute atomic E-state index is 12.1. The molecule has 0 saturated carbocycles. The average Bonchev–Trinajstić information content (AvgIpc) is 2.85. The van der Waals surface area contributed by atoms with Gasteiger partial charge in [-0.1, -0.05) is 25.5 Å². The molecule has 3 rings (SSSR count). The molecule has 0 bridgehead atoms. The van der Waals surface area contributed by atoms with Crippen molar-refractivity contribution in [2.75, 3.05) is 24.7 Å². The molecule has 3 aromatic carbocycles. The van der Waals surface area contributed by atoms with Crippen LogP contribution in [0.1, 0.15) is 41.3 Å². The van der Waals surface area contributed by atoms with E-state index in [2.05, 4.69) is 6.92 Å². The summed E-state index contributed by atoms with van der Waals surface area (Å²) in [7, 11) is 0. The van der Waals surface area contributed by atoms with Gasteiger partial charge in [0.15, 0.2) is 0 Å². The van der Waals surface area contributed by atoms with E-state index in [4.69, 9.17) is 25.7 Å². The molecular formula is C28H30N2O6. The second-order valence-electron chi connectivity index (χ2n) is 8.04. The van der Waals surface area contributed by atoms with Crippen LogP contribution >= 0.6 is 0 Å². The molecule has 0 atom stereocenters. The lowest BCUT2D eigenvalue weighted by Crippen LogP contribution is -2.11.